The van der Waals surface area contributed by atoms with Gasteiger partial charge in [0, 0.05) is 17.3 Å². The minimum absolute atomic E-state index is 0.116. The Morgan fingerprint density at radius 1 is 1.60 bits per heavy atom. The molecule has 0 N–H and O–H groups in total. The average molecular weight is 223 g/mol. The summed E-state index contributed by atoms with van der Waals surface area (Å²) in [4.78, 5) is 15.4. The first kappa shape index (κ1) is 10.7. The number of likely N-dealkylation sites (tertiary alicyclic amines) is 1. The Morgan fingerprint density at radius 3 is 3.00 bits per heavy atom. The molecule has 0 bridgehead atoms. The van der Waals surface area contributed by atoms with E-state index >= 15 is 0 Å². The van der Waals surface area contributed by atoms with Gasteiger partial charge in [-0.2, -0.15) is 0 Å². The number of hydrogen-bond acceptors (Lipinski definition) is 2. The van der Waals surface area contributed by atoms with E-state index in [1.165, 1.54) is 4.88 Å². The van der Waals surface area contributed by atoms with Crippen LogP contribution < -0.4 is 0 Å². The second-order valence-corrected chi connectivity index (χ2v) is 5.34. The van der Waals surface area contributed by atoms with E-state index < -0.39 is 0 Å². The molecule has 1 aromatic heterocycles. The van der Waals surface area contributed by atoms with Crippen LogP contribution >= 0.6 is 11.3 Å². The highest BCUT2D eigenvalue weighted by Gasteiger charge is 2.31. The molecule has 1 fully saturated rings. The number of carbonyl (C=O) groups excluding carboxylic acids is 1. The van der Waals surface area contributed by atoms with Crippen LogP contribution in [-0.2, 0) is 4.79 Å². The average Bonchev–Trinajstić information content (AvgIpc) is 2.86. The molecular weight excluding hydrogens is 206 g/mol. The van der Waals surface area contributed by atoms with Crippen LogP contribution in [-0.4, -0.2) is 17.4 Å². The Hall–Kier alpha value is -0.830. The molecule has 82 valence electrons. The summed E-state index contributed by atoms with van der Waals surface area (Å²) in [6.07, 6.45) is 2.26. The molecule has 2 rings (SSSR count). The first-order chi connectivity index (χ1) is 7.20. The molecular formula is C12H17NOS. The van der Waals surface area contributed by atoms with Crippen molar-refractivity contribution in [2.24, 2.45) is 5.92 Å². The summed E-state index contributed by atoms with van der Waals surface area (Å²) in [7, 11) is 0. The number of hydrogen-bond donors (Lipinski definition) is 0. The second-order valence-electron chi connectivity index (χ2n) is 4.36. The molecule has 1 saturated heterocycles. The zero-order valence-electron chi connectivity index (χ0n) is 9.27. The van der Waals surface area contributed by atoms with Gasteiger partial charge < -0.3 is 4.90 Å². The standard InChI is InChI=1S/C12H17NOS/c1-9(2)12(14)13-7-3-5-10(13)11-6-4-8-15-11/h4,6,8-10H,3,5,7H2,1-2H3/t10-/m0/s1. The lowest BCUT2D eigenvalue weighted by Crippen LogP contribution is -2.33. The van der Waals surface area contributed by atoms with Gasteiger partial charge in [-0.1, -0.05) is 19.9 Å². The van der Waals surface area contributed by atoms with Gasteiger partial charge in [0.1, 0.15) is 0 Å². The highest BCUT2D eigenvalue weighted by Crippen LogP contribution is 2.35. The third kappa shape index (κ3) is 2.07. The Labute approximate surface area is 94.9 Å². The summed E-state index contributed by atoms with van der Waals surface area (Å²) in [6, 6.07) is 4.55. The van der Waals surface area contributed by atoms with Crippen molar-refractivity contribution in [2.45, 2.75) is 32.7 Å². The molecule has 2 heterocycles. The number of thiophene rings is 1. The van der Waals surface area contributed by atoms with E-state index in [1.54, 1.807) is 11.3 Å². The van der Waals surface area contributed by atoms with Crippen LogP contribution in [0.3, 0.4) is 0 Å². The lowest BCUT2D eigenvalue weighted by atomic mass is 10.1. The van der Waals surface area contributed by atoms with E-state index in [1.807, 2.05) is 13.8 Å². The van der Waals surface area contributed by atoms with Crippen molar-refractivity contribution in [1.29, 1.82) is 0 Å². The number of carbonyl (C=O) groups is 1. The summed E-state index contributed by atoms with van der Waals surface area (Å²) in [5.74, 6) is 0.413. The monoisotopic (exact) mass is 223 g/mol. The van der Waals surface area contributed by atoms with E-state index in [4.69, 9.17) is 0 Å². The zero-order valence-corrected chi connectivity index (χ0v) is 10.1. The van der Waals surface area contributed by atoms with E-state index in [2.05, 4.69) is 22.4 Å². The lowest BCUT2D eigenvalue weighted by molar-refractivity contribution is -0.135. The zero-order chi connectivity index (χ0) is 10.8. The molecule has 1 aliphatic heterocycles. The number of nitrogens with zero attached hydrogens (tertiary/aromatic N) is 1. The largest absolute Gasteiger partial charge is 0.335 e. The molecule has 0 aromatic carbocycles. The summed E-state index contributed by atoms with van der Waals surface area (Å²) in [5.41, 5.74) is 0. The molecule has 3 heteroatoms. The van der Waals surface area contributed by atoms with Gasteiger partial charge in [-0.3, -0.25) is 4.79 Å². The van der Waals surface area contributed by atoms with Gasteiger partial charge in [-0.15, -0.1) is 11.3 Å². The van der Waals surface area contributed by atoms with Crippen molar-refractivity contribution < 1.29 is 4.79 Å². The van der Waals surface area contributed by atoms with Crippen LogP contribution in [0.5, 0.6) is 0 Å². The minimum Gasteiger partial charge on any atom is -0.335 e. The topological polar surface area (TPSA) is 20.3 Å². The van der Waals surface area contributed by atoms with Crippen LogP contribution in [0.1, 0.15) is 37.6 Å². The van der Waals surface area contributed by atoms with Gasteiger partial charge in [-0.25, -0.2) is 0 Å². The molecule has 1 aromatic rings. The molecule has 0 unspecified atom stereocenters. The first-order valence-electron chi connectivity index (χ1n) is 5.54. The summed E-state index contributed by atoms with van der Waals surface area (Å²) < 4.78 is 0. The van der Waals surface area contributed by atoms with Crippen LogP contribution in [0, 0.1) is 5.92 Å². The van der Waals surface area contributed by atoms with Gasteiger partial charge in [0.25, 0.3) is 0 Å². The van der Waals surface area contributed by atoms with E-state index in [0.29, 0.717) is 11.9 Å². The normalized spacial score (nSPS) is 21.3. The fourth-order valence-corrected chi connectivity index (χ4v) is 3.01. The van der Waals surface area contributed by atoms with Gasteiger partial charge >= 0.3 is 0 Å². The molecule has 2 nitrogen and oxygen atoms in total. The predicted octanol–water partition coefficient (Wildman–Crippen LogP) is 3.07. The fourth-order valence-electron chi connectivity index (χ4n) is 2.14. The maximum atomic E-state index is 12.0. The van der Waals surface area contributed by atoms with E-state index in [9.17, 15) is 4.79 Å². The molecule has 0 aliphatic carbocycles. The molecule has 1 amide bonds. The number of amides is 1. The van der Waals surface area contributed by atoms with Crippen molar-refractivity contribution in [1.82, 2.24) is 4.90 Å². The van der Waals surface area contributed by atoms with Crippen molar-refractivity contribution in [3.8, 4) is 0 Å². The SMILES string of the molecule is CC(C)C(=O)N1CCC[C@H]1c1cccs1. The highest BCUT2D eigenvalue weighted by atomic mass is 32.1. The summed E-state index contributed by atoms with van der Waals surface area (Å²) in [5, 5.41) is 2.09. The molecule has 0 spiro atoms. The van der Waals surface area contributed by atoms with E-state index in [0.717, 1.165) is 19.4 Å². The molecule has 1 atom stereocenters. The molecule has 1 aliphatic rings. The lowest BCUT2D eigenvalue weighted by Gasteiger charge is -2.25. The minimum atomic E-state index is 0.116. The Balaban J connectivity index is 2.15. The third-order valence-electron chi connectivity index (χ3n) is 2.90. The van der Waals surface area contributed by atoms with Crippen molar-refractivity contribution in [3.05, 3.63) is 22.4 Å². The first-order valence-corrected chi connectivity index (χ1v) is 6.42. The van der Waals surface area contributed by atoms with Gasteiger partial charge in [-0.05, 0) is 24.3 Å². The molecule has 0 radical (unpaired) electrons. The maximum Gasteiger partial charge on any atom is 0.225 e. The Bertz CT molecular complexity index is 331. The maximum absolute atomic E-state index is 12.0. The van der Waals surface area contributed by atoms with Crippen LogP contribution in [0.15, 0.2) is 17.5 Å². The molecule has 15 heavy (non-hydrogen) atoms. The third-order valence-corrected chi connectivity index (χ3v) is 3.87. The van der Waals surface area contributed by atoms with Gasteiger partial charge in [0.2, 0.25) is 5.91 Å². The summed E-state index contributed by atoms with van der Waals surface area (Å²) >= 11 is 1.76. The van der Waals surface area contributed by atoms with Crippen LogP contribution in [0.25, 0.3) is 0 Å². The second kappa shape index (κ2) is 4.35. The Kier molecular flexibility index (Phi) is 3.10. The Morgan fingerprint density at radius 2 is 2.40 bits per heavy atom. The van der Waals surface area contributed by atoms with Crippen LogP contribution in [0.2, 0.25) is 0 Å². The van der Waals surface area contributed by atoms with Gasteiger partial charge in [0.05, 0.1) is 6.04 Å². The van der Waals surface area contributed by atoms with Crippen molar-refractivity contribution in [3.63, 3.8) is 0 Å². The highest BCUT2D eigenvalue weighted by molar-refractivity contribution is 7.10. The van der Waals surface area contributed by atoms with Crippen molar-refractivity contribution in [2.75, 3.05) is 6.54 Å². The number of rotatable bonds is 2. The van der Waals surface area contributed by atoms with Gasteiger partial charge in [0.15, 0.2) is 0 Å². The fraction of sp³-hybridized carbons (Fsp3) is 0.583. The predicted molar refractivity (Wildman–Crippen MR) is 62.8 cm³/mol. The quantitative estimate of drug-likeness (QED) is 0.754. The van der Waals surface area contributed by atoms with Crippen LogP contribution in [0.4, 0.5) is 0 Å². The van der Waals surface area contributed by atoms with E-state index in [-0.39, 0.29) is 5.92 Å². The molecule has 0 saturated carbocycles. The smallest absolute Gasteiger partial charge is 0.225 e. The summed E-state index contributed by atoms with van der Waals surface area (Å²) in [6.45, 7) is 4.89. The van der Waals surface area contributed by atoms with Crippen molar-refractivity contribution >= 4 is 17.2 Å².